The van der Waals surface area contributed by atoms with Crippen molar-refractivity contribution < 1.29 is 9.53 Å². The van der Waals surface area contributed by atoms with E-state index in [9.17, 15) is 4.79 Å². The van der Waals surface area contributed by atoms with Crippen LogP contribution in [0, 0.1) is 6.92 Å². The maximum atomic E-state index is 12.9. The van der Waals surface area contributed by atoms with E-state index in [1.165, 1.54) is 22.2 Å². The first-order chi connectivity index (χ1) is 13.1. The van der Waals surface area contributed by atoms with Crippen LogP contribution in [0.2, 0.25) is 0 Å². The lowest BCUT2D eigenvalue weighted by molar-refractivity contribution is -0.0958. The van der Waals surface area contributed by atoms with Gasteiger partial charge in [0, 0.05) is 31.0 Å². The lowest BCUT2D eigenvalue weighted by atomic mass is 9.83. The number of piperidine rings is 1. The molecule has 1 N–H and O–H groups in total. The van der Waals surface area contributed by atoms with E-state index < -0.39 is 0 Å². The number of aromatic nitrogens is 3. The quantitative estimate of drug-likeness (QED) is 0.722. The highest BCUT2D eigenvalue weighted by Gasteiger charge is 2.43. The maximum Gasteiger partial charge on any atom is 0.272 e. The summed E-state index contributed by atoms with van der Waals surface area (Å²) in [4.78, 5) is 18.5. The molecule has 1 spiro atoms. The van der Waals surface area contributed by atoms with Gasteiger partial charge in [-0.1, -0.05) is 18.2 Å². The zero-order chi connectivity index (χ0) is 18.6. The van der Waals surface area contributed by atoms with Crippen molar-refractivity contribution in [1.29, 1.82) is 0 Å². The number of H-pyrrole nitrogens is 1. The third-order valence-corrected chi connectivity index (χ3v) is 6.08. The number of aromatic amines is 1. The molecule has 5 rings (SSSR count). The number of hydrogen-bond donors (Lipinski definition) is 1. The van der Waals surface area contributed by atoms with E-state index in [1.807, 2.05) is 24.9 Å². The molecule has 0 atom stereocenters. The van der Waals surface area contributed by atoms with Gasteiger partial charge in [-0.2, -0.15) is 5.10 Å². The number of carbonyl (C=O) groups excluding carboxylic acids is 1. The number of aryl methyl sites for hydroxylation is 2. The van der Waals surface area contributed by atoms with E-state index in [4.69, 9.17) is 4.74 Å². The van der Waals surface area contributed by atoms with Crippen molar-refractivity contribution in [2.75, 3.05) is 19.7 Å². The molecule has 1 fully saturated rings. The van der Waals surface area contributed by atoms with Gasteiger partial charge in [-0.15, -0.1) is 0 Å². The molecule has 0 saturated carbocycles. The molecule has 6 nitrogen and oxygen atoms in total. The molecule has 2 aliphatic heterocycles. The molecule has 27 heavy (non-hydrogen) atoms. The Hall–Kier alpha value is -2.60. The van der Waals surface area contributed by atoms with E-state index in [0.29, 0.717) is 18.8 Å². The fourth-order valence-electron chi connectivity index (χ4n) is 4.71. The van der Waals surface area contributed by atoms with Crippen LogP contribution in [-0.4, -0.2) is 45.3 Å². The van der Waals surface area contributed by atoms with E-state index >= 15 is 0 Å². The fourth-order valence-corrected chi connectivity index (χ4v) is 4.71. The largest absolute Gasteiger partial charge is 0.368 e. The number of carbonyl (C=O) groups is 1. The minimum absolute atomic E-state index is 0.0561. The van der Waals surface area contributed by atoms with Gasteiger partial charge in [0.1, 0.15) is 11.3 Å². The number of hydrogen-bond acceptors (Lipinski definition) is 3. The van der Waals surface area contributed by atoms with Crippen LogP contribution in [0.1, 0.15) is 40.3 Å². The third kappa shape index (κ3) is 2.51. The molecule has 1 aromatic carbocycles. The Morgan fingerprint density at radius 2 is 2.04 bits per heavy atom. The Morgan fingerprint density at radius 1 is 1.26 bits per heavy atom. The second-order valence-corrected chi connectivity index (χ2v) is 7.70. The number of likely N-dealkylation sites (tertiary alicyclic amines) is 1. The molecule has 1 amide bonds. The van der Waals surface area contributed by atoms with Crippen molar-refractivity contribution in [2.45, 2.75) is 31.8 Å². The molecule has 3 aromatic rings. The molecular formula is C21H24N4O2. The van der Waals surface area contributed by atoms with E-state index in [2.05, 4.69) is 34.3 Å². The summed E-state index contributed by atoms with van der Waals surface area (Å²) < 4.78 is 8.01. The summed E-state index contributed by atoms with van der Waals surface area (Å²) in [6, 6.07) is 10.3. The molecular weight excluding hydrogens is 340 g/mol. The van der Waals surface area contributed by atoms with E-state index in [-0.39, 0.29) is 11.5 Å². The Kier molecular flexibility index (Phi) is 3.65. The molecule has 4 heterocycles. The van der Waals surface area contributed by atoms with Crippen molar-refractivity contribution >= 4 is 16.8 Å². The van der Waals surface area contributed by atoms with Gasteiger partial charge in [-0.25, -0.2) is 0 Å². The smallest absolute Gasteiger partial charge is 0.272 e. The average Bonchev–Trinajstić information content (AvgIpc) is 3.22. The summed E-state index contributed by atoms with van der Waals surface area (Å²) in [6.07, 6.45) is 2.57. The van der Waals surface area contributed by atoms with Crippen molar-refractivity contribution in [3.8, 4) is 0 Å². The lowest BCUT2D eigenvalue weighted by Crippen LogP contribution is -2.48. The molecule has 6 heteroatoms. The Balaban J connectivity index is 1.42. The third-order valence-electron chi connectivity index (χ3n) is 6.08. The summed E-state index contributed by atoms with van der Waals surface area (Å²) in [5.41, 5.74) is 5.01. The second kappa shape index (κ2) is 5.96. The van der Waals surface area contributed by atoms with E-state index in [0.717, 1.165) is 31.6 Å². The molecule has 2 aromatic heterocycles. The summed E-state index contributed by atoms with van der Waals surface area (Å²) in [6.45, 7) is 4.04. The monoisotopic (exact) mass is 364 g/mol. The highest BCUT2D eigenvalue weighted by atomic mass is 16.5. The van der Waals surface area contributed by atoms with E-state index in [1.54, 1.807) is 4.68 Å². The van der Waals surface area contributed by atoms with Gasteiger partial charge in [0.2, 0.25) is 0 Å². The fraction of sp³-hybridized carbons (Fsp3) is 0.429. The van der Waals surface area contributed by atoms with Crippen LogP contribution in [0.15, 0.2) is 30.3 Å². The summed E-state index contributed by atoms with van der Waals surface area (Å²) in [7, 11) is 1.83. The molecule has 0 unspecified atom stereocenters. The number of nitrogens with zero attached hydrogens (tertiary/aromatic N) is 3. The number of amides is 1. The average molecular weight is 364 g/mol. The zero-order valence-corrected chi connectivity index (χ0v) is 15.8. The lowest BCUT2D eigenvalue weighted by Gasteiger charge is -2.43. The SMILES string of the molecule is Cc1cc(C(=O)N2CCC3(CC2)OCCc2c3[nH]c3ccccc23)n(C)n1. The number of ether oxygens (including phenoxy) is 1. The molecule has 140 valence electrons. The first-order valence-electron chi connectivity index (χ1n) is 9.61. The van der Waals surface area contributed by atoms with Gasteiger partial charge in [0.05, 0.1) is 18.0 Å². The second-order valence-electron chi connectivity index (χ2n) is 7.70. The van der Waals surface area contributed by atoms with Crippen molar-refractivity contribution in [1.82, 2.24) is 19.7 Å². The summed E-state index contributed by atoms with van der Waals surface area (Å²) in [5.74, 6) is 0.0561. The minimum atomic E-state index is -0.300. The highest BCUT2D eigenvalue weighted by Crippen LogP contribution is 2.43. The van der Waals surface area contributed by atoms with Crippen LogP contribution >= 0.6 is 0 Å². The van der Waals surface area contributed by atoms with Gasteiger partial charge in [0.15, 0.2) is 0 Å². The topological polar surface area (TPSA) is 63.1 Å². The van der Waals surface area contributed by atoms with Gasteiger partial charge in [-0.3, -0.25) is 9.48 Å². The molecule has 1 saturated heterocycles. The van der Waals surface area contributed by atoms with Gasteiger partial charge >= 0.3 is 0 Å². The zero-order valence-electron chi connectivity index (χ0n) is 15.8. The van der Waals surface area contributed by atoms with Crippen LogP contribution in [0.4, 0.5) is 0 Å². The van der Waals surface area contributed by atoms with Crippen LogP contribution in [0.3, 0.4) is 0 Å². The number of benzene rings is 1. The van der Waals surface area contributed by atoms with Crippen molar-refractivity contribution in [3.63, 3.8) is 0 Å². The molecule has 2 aliphatic rings. The number of nitrogens with one attached hydrogen (secondary N) is 1. The predicted molar refractivity (Wildman–Crippen MR) is 103 cm³/mol. The Morgan fingerprint density at radius 3 is 2.78 bits per heavy atom. The van der Waals surface area contributed by atoms with Crippen LogP contribution in [0.5, 0.6) is 0 Å². The summed E-state index contributed by atoms with van der Waals surface area (Å²) in [5, 5.41) is 5.61. The molecule has 0 bridgehead atoms. The number of fused-ring (bicyclic) bond motifs is 4. The Labute approximate surface area is 158 Å². The Bertz CT molecular complexity index is 1020. The van der Waals surface area contributed by atoms with Gasteiger partial charge in [-0.05, 0) is 43.9 Å². The highest BCUT2D eigenvalue weighted by molar-refractivity contribution is 5.92. The van der Waals surface area contributed by atoms with Gasteiger partial charge < -0.3 is 14.6 Å². The number of para-hydroxylation sites is 1. The molecule has 0 radical (unpaired) electrons. The first kappa shape index (κ1) is 16.6. The minimum Gasteiger partial charge on any atom is -0.368 e. The molecule has 0 aliphatic carbocycles. The normalized spacial score (nSPS) is 18.8. The van der Waals surface area contributed by atoms with Crippen molar-refractivity contribution in [2.24, 2.45) is 7.05 Å². The van der Waals surface area contributed by atoms with Crippen LogP contribution < -0.4 is 0 Å². The van der Waals surface area contributed by atoms with Gasteiger partial charge in [0.25, 0.3) is 5.91 Å². The number of rotatable bonds is 1. The summed E-state index contributed by atoms with van der Waals surface area (Å²) >= 11 is 0. The van der Waals surface area contributed by atoms with Crippen LogP contribution in [-0.2, 0) is 23.8 Å². The first-order valence-corrected chi connectivity index (χ1v) is 9.61. The maximum absolute atomic E-state index is 12.9. The van der Waals surface area contributed by atoms with Crippen molar-refractivity contribution in [3.05, 3.63) is 53.0 Å². The predicted octanol–water partition coefficient (Wildman–Crippen LogP) is 2.91. The van der Waals surface area contributed by atoms with Crippen LogP contribution in [0.25, 0.3) is 10.9 Å². The standard InChI is InChI=1S/C21H24N4O2/c1-14-13-18(24(2)23-14)20(26)25-10-8-21(9-11-25)19-16(7-12-27-21)15-5-3-4-6-17(15)22-19/h3-6,13,22H,7-12H2,1-2H3.